The minimum Gasteiger partial charge on any atom is -0.478 e. The highest BCUT2D eigenvalue weighted by Crippen LogP contribution is 2.32. The molecule has 1 rings (SSSR count). The van der Waals surface area contributed by atoms with Gasteiger partial charge in [0, 0.05) is 4.47 Å². The quantitative estimate of drug-likeness (QED) is 0.912. The molecule has 1 N–H and O–H groups in total. The summed E-state index contributed by atoms with van der Waals surface area (Å²) in [5.41, 5.74) is -1.26. The average molecular weight is 310 g/mol. The van der Waals surface area contributed by atoms with Crippen molar-refractivity contribution in [2.75, 3.05) is 0 Å². The number of hydrogen-bond acceptors (Lipinski definition) is 3. The van der Waals surface area contributed by atoms with E-state index >= 15 is 0 Å². The van der Waals surface area contributed by atoms with Crippen LogP contribution in [0.3, 0.4) is 0 Å². The van der Waals surface area contributed by atoms with Gasteiger partial charge in [0.25, 0.3) is 0 Å². The number of halogens is 4. The number of alkyl halides is 3. The number of hydrogen-bond donors (Lipinski definition) is 1. The molecule has 1 aromatic carbocycles. The lowest BCUT2D eigenvalue weighted by Gasteiger charge is -2.12. The predicted molar refractivity (Wildman–Crippen MR) is 52.5 cm³/mol. The highest BCUT2D eigenvalue weighted by atomic mass is 79.9. The van der Waals surface area contributed by atoms with Crippen molar-refractivity contribution < 1.29 is 27.8 Å². The molecule has 0 saturated heterocycles. The molecule has 0 atom stereocenters. The molecule has 0 aliphatic rings. The summed E-state index contributed by atoms with van der Waals surface area (Å²) in [6.45, 7) is 0. The Kier molecular flexibility index (Phi) is 3.63. The van der Waals surface area contributed by atoms with Gasteiger partial charge >= 0.3 is 12.3 Å². The van der Waals surface area contributed by atoms with E-state index in [0.717, 1.165) is 12.1 Å². The molecule has 0 fully saturated rings. The Balaban J connectivity index is 3.44. The van der Waals surface area contributed by atoms with E-state index < -0.39 is 29.2 Å². The van der Waals surface area contributed by atoms with Crippen molar-refractivity contribution in [3.63, 3.8) is 0 Å². The van der Waals surface area contributed by atoms with Crippen LogP contribution in [0.1, 0.15) is 15.9 Å². The summed E-state index contributed by atoms with van der Waals surface area (Å²) < 4.78 is 39.9. The fourth-order valence-electron chi connectivity index (χ4n) is 1.06. The zero-order chi connectivity index (χ0) is 13.2. The smallest absolute Gasteiger partial charge is 0.478 e. The van der Waals surface area contributed by atoms with Gasteiger partial charge in [0.1, 0.15) is 11.6 Å². The van der Waals surface area contributed by atoms with Crippen LogP contribution >= 0.6 is 15.9 Å². The van der Waals surface area contributed by atoms with Crippen molar-refractivity contribution in [2.24, 2.45) is 0 Å². The Morgan fingerprint density at radius 2 is 2.06 bits per heavy atom. The van der Waals surface area contributed by atoms with Crippen molar-refractivity contribution in [1.29, 1.82) is 5.26 Å². The van der Waals surface area contributed by atoms with Crippen LogP contribution in [-0.2, 0) is 0 Å². The van der Waals surface area contributed by atoms with Crippen LogP contribution < -0.4 is 4.74 Å². The van der Waals surface area contributed by atoms with Gasteiger partial charge in [-0.1, -0.05) is 15.9 Å². The Bertz CT molecular complexity index is 507. The molecule has 4 nitrogen and oxygen atoms in total. The maximum atomic E-state index is 12.1. The van der Waals surface area contributed by atoms with Gasteiger partial charge in [-0.05, 0) is 12.1 Å². The van der Waals surface area contributed by atoms with Crippen LogP contribution in [0.15, 0.2) is 16.6 Å². The number of ether oxygens (including phenoxy) is 1. The Hall–Kier alpha value is -1.75. The van der Waals surface area contributed by atoms with Crippen LogP contribution in [0.25, 0.3) is 0 Å². The average Bonchev–Trinajstić information content (AvgIpc) is 2.17. The summed E-state index contributed by atoms with van der Waals surface area (Å²) >= 11 is 2.88. The molecular weight excluding hydrogens is 307 g/mol. The summed E-state index contributed by atoms with van der Waals surface area (Å²) in [6, 6.07) is 3.39. The van der Waals surface area contributed by atoms with Gasteiger partial charge in [-0.25, -0.2) is 4.79 Å². The van der Waals surface area contributed by atoms with E-state index in [2.05, 4.69) is 20.7 Å². The number of carboxylic acids is 1. The van der Waals surface area contributed by atoms with Crippen LogP contribution in [0.4, 0.5) is 13.2 Å². The van der Waals surface area contributed by atoms with Crippen LogP contribution in [0.2, 0.25) is 0 Å². The van der Waals surface area contributed by atoms with Crippen molar-refractivity contribution in [3.05, 3.63) is 27.7 Å². The third kappa shape index (κ3) is 3.35. The van der Waals surface area contributed by atoms with Crippen molar-refractivity contribution in [1.82, 2.24) is 0 Å². The van der Waals surface area contributed by atoms with E-state index in [1.165, 1.54) is 6.07 Å². The molecule has 0 saturated carbocycles. The Morgan fingerprint density at radius 3 is 2.47 bits per heavy atom. The van der Waals surface area contributed by atoms with Crippen molar-refractivity contribution >= 4 is 21.9 Å². The predicted octanol–water partition coefficient (Wildman–Crippen LogP) is 2.92. The topological polar surface area (TPSA) is 70.3 Å². The highest BCUT2D eigenvalue weighted by molar-refractivity contribution is 9.10. The molecule has 0 aromatic heterocycles. The molecule has 90 valence electrons. The summed E-state index contributed by atoms with van der Waals surface area (Å²) in [7, 11) is 0. The van der Waals surface area contributed by atoms with Gasteiger partial charge in [0.15, 0.2) is 5.75 Å². The first kappa shape index (κ1) is 13.3. The summed E-state index contributed by atoms with van der Waals surface area (Å²) in [5.74, 6) is -2.64. The Labute approximate surface area is 101 Å². The lowest BCUT2D eigenvalue weighted by Crippen LogP contribution is -2.20. The lowest BCUT2D eigenvalue weighted by atomic mass is 10.1. The van der Waals surface area contributed by atoms with E-state index in [1.54, 1.807) is 0 Å². The molecule has 0 heterocycles. The number of nitrogens with zero attached hydrogens (tertiary/aromatic N) is 1. The molecule has 8 heteroatoms. The van der Waals surface area contributed by atoms with Crippen molar-refractivity contribution in [3.8, 4) is 11.8 Å². The minimum absolute atomic E-state index is 0.168. The second-order valence-corrected chi connectivity index (χ2v) is 3.71. The first-order chi connectivity index (χ1) is 7.74. The molecule has 0 aliphatic carbocycles. The van der Waals surface area contributed by atoms with Gasteiger partial charge < -0.3 is 9.84 Å². The number of carbonyl (C=O) groups is 1. The van der Waals surface area contributed by atoms with Gasteiger partial charge in [0.05, 0.1) is 5.56 Å². The molecule has 0 aliphatic heterocycles. The molecule has 0 radical (unpaired) electrons. The maximum absolute atomic E-state index is 12.1. The first-order valence-corrected chi connectivity index (χ1v) is 4.76. The SMILES string of the molecule is N#Cc1cc(Br)cc(C(=O)O)c1OC(F)(F)F. The Morgan fingerprint density at radius 1 is 1.47 bits per heavy atom. The molecule has 0 unspecified atom stereocenters. The zero-order valence-electron chi connectivity index (χ0n) is 7.88. The number of rotatable bonds is 2. The van der Waals surface area contributed by atoms with E-state index in [9.17, 15) is 18.0 Å². The molecular formula is C9H3BrF3NO3. The molecule has 17 heavy (non-hydrogen) atoms. The van der Waals surface area contributed by atoms with E-state index in [0.29, 0.717) is 0 Å². The van der Waals surface area contributed by atoms with Gasteiger partial charge in [-0.3, -0.25) is 0 Å². The van der Waals surface area contributed by atoms with Crippen LogP contribution in [-0.4, -0.2) is 17.4 Å². The number of aromatic carboxylic acids is 1. The van der Waals surface area contributed by atoms with Crippen LogP contribution in [0, 0.1) is 11.3 Å². The van der Waals surface area contributed by atoms with E-state index in [-0.39, 0.29) is 4.47 Å². The van der Waals surface area contributed by atoms with Crippen molar-refractivity contribution in [2.45, 2.75) is 6.36 Å². The van der Waals surface area contributed by atoms with Gasteiger partial charge in [-0.15, -0.1) is 13.2 Å². The van der Waals surface area contributed by atoms with E-state index in [4.69, 9.17) is 10.4 Å². The first-order valence-electron chi connectivity index (χ1n) is 3.97. The monoisotopic (exact) mass is 309 g/mol. The normalized spacial score (nSPS) is 10.8. The third-order valence-corrected chi connectivity index (χ3v) is 2.08. The minimum atomic E-state index is -5.07. The van der Waals surface area contributed by atoms with E-state index in [1.807, 2.05) is 0 Å². The van der Waals surface area contributed by atoms with Gasteiger partial charge in [-0.2, -0.15) is 5.26 Å². The molecule has 0 spiro atoms. The standard InChI is InChI=1S/C9H3BrF3NO3/c10-5-1-4(3-14)7(17-9(11,12)13)6(2-5)8(15)16/h1-2H,(H,15,16). The number of nitriles is 1. The summed E-state index contributed by atoms with van der Waals surface area (Å²) in [5, 5.41) is 17.4. The largest absolute Gasteiger partial charge is 0.573 e. The maximum Gasteiger partial charge on any atom is 0.573 e. The second-order valence-electron chi connectivity index (χ2n) is 2.79. The third-order valence-electron chi connectivity index (χ3n) is 1.62. The van der Waals surface area contributed by atoms with Crippen LogP contribution in [0.5, 0.6) is 5.75 Å². The second kappa shape index (κ2) is 4.63. The molecule has 0 amide bonds. The molecule has 1 aromatic rings. The molecule has 0 bridgehead atoms. The summed E-state index contributed by atoms with van der Waals surface area (Å²) in [4.78, 5) is 10.8. The zero-order valence-corrected chi connectivity index (χ0v) is 9.46. The number of carboxylic acid groups (broad SMARTS) is 1. The fraction of sp³-hybridized carbons (Fsp3) is 0.111. The summed E-state index contributed by atoms with van der Waals surface area (Å²) in [6.07, 6.45) is -5.07. The number of benzene rings is 1. The lowest BCUT2D eigenvalue weighted by molar-refractivity contribution is -0.274. The highest BCUT2D eigenvalue weighted by Gasteiger charge is 2.34. The fourth-order valence-corrected chi connectivity index (χ4v) is 1.52. The van der Waals surface area contributed by atoms with Gasteiger partial charge in [0.2, 0.25) is 0 Å².